The van der Waals surface area contributed by atoms with Gasteiger partial charge in [0.15, 0.2) is 11.6 Å². The van der Waals surface area contributed by atoms with Gasteiger partial charge in [0, 0.05) is 54.4 Å². The zero-order chi connectivity index (χ0) is 24.7. The fraction of sp³-hybridized carbons (Fsp3) is 0.385. The van der Waals surface area contributed by atoms with Gasteiger partial charge in [-0.25, -0.2) is 19.3 Å². The molecule has 2 N–H and O–H groups in total. The van der Waals surface area contributed by atoms with Gasteiger partial charge >= 0.3 is 0 Å². The number of nitrogens with one attached hydrogen (secondary N) is 2. The molecule has 2 aliphatic heterocycles. The molecule has 182 valence electrons. The molecule has 1 aliphatic carbocycles. The lowest BCUT2D eigenvalue weighted by Gasteiger charge is -2.27. The average molecular weight is 495 g/mol. The van der Waals surface area contributed by atoms with Crippen LogP contribution < -0.4 is 10.6 Å². The van der Waals surface area contributed by atoms with Crippen molar-refractivity contribution in [3.05, 3.63) is 69.2 Å². The number of hydrogen-bond acceptors (Lipinski definition) is 6. The summed E-state index contributed by atoms with van der Waals surface area (Å²) >= 11 is 6.08. The van der Waals surface area contributed by atoms with Crippen molar-refractivity contribution in [1.29, 1.82) is 0 Å². The summed E-state index contributed by atoms with van der Waals surface area (Å²) < 4.78 is 15.9. The van der Waals surface area contributed by atoms with E-state index in [0.717, 1.165) is 59.4 Å². The van der Waals surface area contributed by atoms with E-state index in [9.17, 15) is 4.79 Å². The van der Waals surface area contributed by atoms with Crippen molar-refractivity contribution >= 4 is 34.7 Å². The van der Waals surface area contributed by atoms with Gasteiger partial charge in [-0.15, -0.1) is 0 Å². The first-order valence-electron chi connectivity index (χ1n) is 11.9. The van der Waals surface area contributed by atoms with Crippen LogP contribution in [0.3, 0.4) is 0 Å². The lowest BCUT2D eigenvalue weighted by Crippen LogP contribution is -2.32. The van der Waals surface area contributed by atoms with Crippen LogP contribution in [-0.4, -0.2) is 38.8 Å². The molecule has 0 spiro atoms. The number of hydrogen-bond donors (Lipinski definition) is 2. The number of pyridine rings is 1. The first-order valence-corrected chi connectivity index (χ1v) is 12.3. The number of aryl methyl sites for hydroxylation is 1. The van der Waals surface area contributed by atoms with E-state index in [4.69, 9.17) is 11.6 Å². The molecule has 9 heteroatoms. The van der Waals surface area contributed by atoms with E-state index in [2.05, 4.69) is 37.1 Å². The van der Waals surface area contributed by atoms with Crippen molar-refractivity contribution in [2.24, 2.45) is 0 Å². The monoisotopic (exact) mass is 494 g/mol. The Morgan fingerprint density at radius 2 is 2.00 bits per heavy atom. The second-order valence-corrected chi connectivity index (χ2v) is 9.65. The number of rotatable bonds is 5. The molecule has 35 heavy (non-hydrogen) atoms. The second-order valence-electron chi connectivity index (χ2n) is 9.32. The molecule has 0 unspecified atom stereocenters. The summed E-state index contributed by atoms with van der Waals surface area (Å²) in [6.07, 6.45) is 7.47. The van der Waals surface area contributed by atoms with Crippen molar-refractivity contribution < 1.29 is 9.18 Å². The highest BCUT2D eigenvalue weighted by Crippen LogP contribution is 2.39. The number of allylic oxidation sites excluding steroid dienone is 2. The predicted molar refractivity (Wildman–Crippen MR) is 135 cm³/mol. The van der Waals surface area contributed by atoms with Gasteiger partial charge in [0.05, 0.1) is 0 Å². The molecular formula is C26H28ClFN6O. The summed E-state index contributed by atoms with van der Waals surface area (Å²) in [5.74, 6) is -0.0561. The molecule has 2 aromatic heterocycles. The van der Waals surface area contributed by atoms with E-state index in [0.29, 0.717) is 42.9 Å². The Hall–Kier alpha value is -3.26. The Bertz CT molecular complexity index is 1300. The van der Waals surface area contributed by atoms with Crippen LogP contribution >= 0.6 is 11.6 Å². The Morgan fingerprint density at radius 1 is 1.17 bits per heavy atom. The molecule has 0 radical (unpaired) electrons. The summed E-state index contributed by atoms with van der Waals surface area (Å²) in [7, 11) is 0. The van der Waals surface area contributed by atoms with E-state index < -0.39 is 5.82 Å². The minimum Gasteiger partial charge on any atom is -0.371 e. The highest BCUT2D eigenvalue weighted by molar-refractivity contribution is 6.28. The summed E-state index contributed by atoms with van der Waals surface area (Å²) in [5.41, 5.74) is 6.59. The third kappa shape index (κ3) is 4.43. The SMILES string of the molecule is C=C1CCCN1Cc1cnc(Cl)nc1Nc1ncc2c(c1F)C(C)=C(C1=C(C)CCNC1=O)CC2. The van der Waals surface area contributed by atoms with Crippen molar-refractivity contribution in [2.75, 3.05) is 18.4 Å². The molecule has 0 saturated carbocycles. The standard InChI is InChI=1S/C26H28ClFN6O/c1-14-8-9-29-25(35)20(14)19-7-6-17-11-30-24(22(28)21(17)16(19)3)32-23-18(12-31-26(27)33-23)13-34-10-4-5-15(34)2/h11-12H,2,4-10,13H2,1,3H3,(H,29,35)(H,30,31,32,33). The summed E-state index contributed by atoms with van der Waals surface area (Å²) in [5, 5.41) is 6.05. The molecule has 1 amide bonds. The number of aromatic nitrogens is 3. The molecule has 0 atom stereocenters. The molecular weight excluding hydrogens is 467 g/mol. The lowest BCUT2D eigenvalue weighted by atomic mass is 9.81. The van der Waals surface area contributed by atoms with Crippen LogP contribution in [0.1, 0.15) is 56.2 Å². The Balaban J connectivity index is 1.52. The maximum Gasteiger partial charge on any atom is 0.251 e. The van der Waals surface area contributed by atoms with Gasteiger partial charge in [-0.05, 0) is 74.3 Å². The van der Waals surface area contributed by atoms with Gasteiger partial charge < -0.3 is 15.5 Å². The average Bonchev–Trinajstić information content (AvgIpc) is 3.22. The number of carbonyl (C=O) groups is 1. The largest absolute Gasteiger partial charge is 0.371 e. The maximum atomic E-state index is 15.9. The smallest absolute Gasteiger partial charge is 0.251 e. The minimum absolute atomic E-state index is 0.0685. The second kappa shape index (κ2) is 9.41. The molecule has 4 heterocycles. The molecule has 0 bridgehead atoms. The first kappa shape index (κ1) is 23.5. The van der Waals surface area contributed by atoms with E-state index in [1.807, 2.05) is 13.8 Å². The third-order valence-corrected chi connectivity index (χ3v) is 7.27. The maximum absolute atomic E-state index is 15.9. The quantitative estimate of drug-likeness (QED) is 0.564. The summed E-state index contributed by atoms with van der Waals surface area (Å²) in [6, 6.07) is 0. The fourth-order valence-electron chi connectivity index (χ4n) is 5.19. The van der Waals surface area contributed by atoms with Crippen LogP contribution in [0.2, 0.25) is 5.28 Å². The lowest BCUT2D eigenvalue weighted by molar-refractivity contribution is -0.117. The Kier molecular flexibility index (Phi) is 6.32. The van der Waals surface area contributed by atoms with Crippen molar-refractivity contribution in [1.82, 2.24) is 25.2 Å². The normalized spacial score (nSPS) is 18.2. The number of fused-ring (bicyclic) bond motifs is 1. The Morgan fingerprint density at radius 3 is 2.74 bits per heavy atom. The van der Waals surface area contributed by atoms with Crippen LogP contribution in [0.25, 0.3) is 5.57 Å². The Labute approximate surface area is 209 Å². The zero-order valence-corrected chi connectivity index (χ0v) is 20.7. The summed E-state index contributed by atoms with van der Waals surface area (Å²) in [4.78, 5) is 27.6. The van der Waals surface area contributed by atoms with Crippen LogP contribution in [0, 0.1) is 5.82 Å². The molecule has 3 aliphatic rings. The number of amides is 1. The van der Waals surface area contributed by atoms with Crippen LogP contribution in [-0.2, 0) is 17.8 Å². The van der Waals surface area contributed by atoms with Crippen LogP contribution in [0.15, 0.2) is 41.4 Å². The molecule has 7 nitrogen and oxygen atoms in total. The van der Waals surface area contributed by atoms with Crippen molar-refractivity contribution in [3.8, 4) is 0 Å². The molecule has 1 saturated heterocycles. The van der Waals surface area contributed by atoms with Gasteiger partial charge in [-0.2, -0.15) is 0 Å². The minimum atomic E-state index is -0.460. The predicted octanol–water partition coefficient (Wildman–Crippen LogP) is 5.07. The van der Waals surface area contributed by atoms with E-state index in [1.165, 1.54) is 0 Å². The van der Waals surface area contributed by atoms with Gasteiger partial charge in [-0.1, -0.05) is 12.2 Å². The molecule has 1 fully saturated rings. The number of halogens is 2. The fourth-order valence-corrected chi connectivity index (χ4v) is 5.32. The number of likely N-dealkylation sites (tertiary alicyclic amines) is 1. The van der Waals surface area contributed by atoms with Crippen LogP contribution in [0.5, 0.6) is 0 Å². The molecule has 2 aromatic rings. The third-order valence-electron chi connectivity index (χ3n) is 7.08. The van der Waals surface area contributed by atoms with E-state index >= 15 is 4.39 Å². The molecule has 0 aromatic carbocycles. The number of anilines is 2. The number of carbonyl (C=O) groups excluding carboxylic acids is 1. The molecule has 5 rings (SSSR count). The van der Waals surface area contributed by atoms with Gasteiger partial charge in [0.2, 0.25) is 5.28 Å². The van der Waals surface area contributed by atoms with Crippen molar-refractivity contribution in [3.63, 3.8) is 0 Å². The van der Waals surface area contributed by atoms with Crippen LogP contribution in [0.4, 0.5) is 16.0 Å². The zero-order valence-electron chi connectivity index (χ0n) is 20.0. The number of nitrogens with zero attached hydrogens (tertiary/aromatic N) is 4. The van der Waals surface area contributed by atoms with Crippen molar-refractivity contribution in [2.45, 2.75) is 52.5 Å². The highest BCUT2D eigenvalue weighted by atomic mass is 35.5. The first-order chi connectivity index (χ1) is 16.8. The van der Waals surface area contributed by atoms with Gasteiger partial charge in [0.1, 0.15) is 5.82 Å². The van der Waals surface area contributed by atoms with Gasteiger partial charge in [0.25, 0.3) is 5.91 Å². The summed E-state index contributed by atoms with van der Waals surface area (Å²) in [6.45, 7) is 10.1. The van der Waals surface area contributed by atoms with Gasteiger partial charge in [-0.3, -0.25) is 4.79 Å². The van der Waals surface area contributed by atoms with E-state index in [-0.39, 0.29) is 17.0 Å². The van der Waals surface area contributed by atoms with E-state index in [1.54, 1.807) is 12.4 Å². The topological polar surface area (TPSA) is 83.0 Å². The highest BCUT2D eigenvalue weighted by Gasteiger charge is 2.29.